The van der Waals surface area contributed by atoms with Crippen molar-refractivity contribution in [2.45, 2.75) is 13.3 Å². The lowest BCUT2D eigenvalue weighted by Gasteiger charge is -2.08. The molecule has 1 aromatic rings. The molecule has 0 aromatic heterocycles. The molecular weight excluding hydrogens is 254 g/mol. The highest BCUT2D eigenvalue weighted by molar-refractivity contribution is 7.80. The third-order valence-electron chi connectivity index (χ3n) is 2.35. The van der Waals surface area contributed by atoms with Crippen molar-refractivity contribution in [2.75, 3.05) is 25.6 Å². The molecule has 1 rings (SSSR count). The Balaban J connectivity index is 2.61. The lowest BCUT2D eigenvalue weighted by Crippen LogP contribution is -2.09. The van der Waals surface area contributed by atoms with Crippen molar-refractivity contribution >= 4 is 18.3 Å². The van der Waals surface area contributed by atoms with E-state index >= 15 is 0 Å². The molecule has 6 heteroatoms. The number of aryl methyl sites for hydroxylation is 1. The van der Waals surface area contributed by atoms with E-state index in [0.717, 1.165) is 12.0 Å². The van der Waals surface area contributed by atoms with Crippen LogP contribution in [0.4, 0.5) is 5.69 Å². The van der Waals surface area contributed by atoms with E-state index in [1.807, 2.05) is 13.0 Å². The molecule has 5 nitrogen and oxygen atoms in total. The summed E-state index contributed by atoms with van der Waals surface area (Å²) in [5.74, 6) is 0.928. The molecule has 100 valence electrons. The van der Waals surface area contributed by atoms with Crippen LogP contribution in [-0.4, -0.2) is 30.5 Å². The van der Waals surface area contributed by atoms with Crippen molar-refractivity contribution < 1.29 is 14.4 Å². The van der Waals surface area contributed by atoms with Gasteiger partial charge in [0.1, 0.15) is 6.61 Å². The van der Waals surface area contributed by atoms with Gasteiger partial charge in [0.05, 0.1) is 18.1 Å². The first-order chi connectivity index (χ1) is 8.69. The number of hydrogen-bond donors (Lipinski definition) is 1. The largest absolute Gasteiger partial charge is 0.484 e. The van der Waals surface area contributed by atoms with E-state index in [4.69, 9.17) is 9.47 Å². The molecule has 18 heavy (non-hydrogen) atoms. The predicted octanol–water partition coefficient (Wildman–Crippen LogP) is 2.48. The number of ether oxygens (including phenoxy) is 2. The summed E-state index contributed by atoms with van der Waals surface area (Å²) in [5, 5.41) is 10.9. The van der Waals surface area contributed by atoms with Gasteiger partial charge in [0.25, 0.3) is 0 Å². The van der Waals surface area contributed by atoms with E-state index in [2.05, 4.69) is 12.6 Å². The molecule has 0 aliphatic rings. The molecule has 0 aliphatic heterocycles. The molecule has 0 spiro atoms. The molecule has 0 amide bonds. The standard InChI is InChI=1S/C12H17NO4S/c1-2-10-3-4-12(11(9-10)13(14)15)17-6-5-16-7-8-18/h3-4,9,18H,2,5-8H2,1H3. The lowest BCUT2D eigenvalue weighted by molar-refractivity contribution is -0.385. The van der Waals surface area contributed by atoms with Crippen LogP contribution in [0.15, 0.2) is 18.2 Å². The highest BCUT2D eigenvalue weighted by atomic mass is 32.1. The van der Waals surface area contributed by atoms with Crippen molar-refractivity contribution in [2.24, 2.45) is 0 Å². The van der Waals surface area contributed by atoms with Crippen molar-refractivity contribution in [3.63, 3.8) is 0 Å². The Bertz CT molecular complexity index is 398. The Morgan fingerprint density at radius 3 is 2.72 bits per heavy atom. The molecule has 0 fully saturated rings. The van der Waals surface area contributed by atoms with Crippen molar-refractivity contribution in [1.29, 1.82) is 0 Å². The molecule has 0 atom stereocenters. The maximum absolute atomic E-state index is 10.9. The Hall–Kier alpha value is -1.27. The summed E-state index contributed by atoms with van der Waals surface area (Å²) in [7, 11) is 0. The van der Waals surface area contributed by atoms with Gasteiger partial charge < -0.3 is 9.47 Å². The Morgan fingerprint density at radius 1 is 1.33 bits per heavy atom. The number of nitro groups is 1. The number of nitro benzene ring substituents is 1. The average molecular weight is 271 g/mol. The second kappa shape index (κ2) is 7.94. The van der Waals surface area contributed by atoms with Gasteiger partial charge in [-0.2, -0.15) is 12.6 Å². The van der Waals surface area contributed by atoms with Gasteiger partial charge in [-0.3, -0.25) is 10.1 Å². The fourth-order valence-electron chi connectivity index (χ4n) is 1.42. The fourth-order valence-corrected chi connectivity index (χ4v) is 1.55. The molecule has 0 aliphatic carbocycles. The molecule has 0 heterocycles. The highest BCUT2D eigenvalue weighted by Crippen LogP contribution is 2.28. The minimum absolute atomic E-state index is 0.00328. The Morgan fingerprint density at radius 2 is 2.11 bits per heavy atom. The monoisotopic (exact) mass is 271 g/mol. The summed E-state index contributed by atoms with van der Waals surface area (Å²) in [4.78, 5) is 10.5. The van der Waals surface area contributed by atoms with Gasteiger partial charge in [-0.05, 0) is 18.1 Å². The van der Waals surface area contributed by atoms with Crippen LogP contribution in [0, 0.1) is 10.1 Å². The molecular formula is C12H17NO4S. The SMILES string of the molecule is CCc1ccc(OCCOCCS)c([N+](=O)[O-])c1. The second-order valence-electron chi connectivity index (χ2n) is 3.60. The van der Waals surface area contributed by atoms with Gasteiger partial charge in [0.15, 0.2) is 5.75 Å². The van der Waals surface area contributed by atoms with Crippen molar-refractivity contribution in [3.05, 3.63) is 33.9 Å². The number of nitrogens with zero attached hydrogens (tertiary/aromatic N) is 1. The van der Waals surface area contributed by atoms with Gasteiger partial charge in [-0.25, -0.2) is 0 Å². The summed E-state index contributed by atoms with van der Waals surface area (Å²) in [6.45, 7) is 3.18. The zero-order chi connectivity index (χ0) is 13.4. The van der Waals surface area contributed by atoms with Gasteiger partial charge in [-0.1, -0.05) is 13.0 Å². The Labute approximate surface area is 112 Å². The first-order valence-corrected chi connectivity index (χ1v) is 6.41. The van der Waals surface area contributed by atoms with Crippen LogP contribution in [0.3, 0.4) is 0 Å². The smallest absolute Gasteiger partial charge is 0.311 e. The fraction of sp³-hybridized carbons (Fsp3) is 0.500. The predicted molar refractivity (Wildman–Crippen MR) is 72.6 cm³/mol. The molecule has 0 bridgehead atoms. The first kappa shape index (κ1) is 14.8. The third kappa shape index (κ3) is 4.54. The summed E-state index contributed by atoms with van der Waals surface area (Å²) in [5.41, 5.74) is 0.920. The van der Waals surface area contributed by atoms with Crippen LogP contribution >= 0.6 is 12.6 Å². The van der Waals surface area contributed by atoms with E-state index in [0.29, 0.717) is 25.6 Å². The van der Waals surface area contributed by atoms with Crippen LogP contribution in [0.25, 0.3) is 0 Å². The van der Waals surface area contributed by atoms with Crippen LogP contribution in [0.5, 0.6) is 5.75 Å². The minimum Gasteiger partial charge on any atom is -0.484 e. The number of hydrogen-bond acceptors (Lipinski definition) is 5. The maximum Gasteiger partial charge on any atom is 0.311 e. The lowest BCUT2D eigenvalue weighted by atomic mass is 10.1. The molecule has 0 N–H and O–H groups in total. The zero-order valence-corrected chi connectivity index (χ0v) is 11.2. The maximum atomic E-state index is 10.9. The van der Waals surface area contributed by atoms with Crippen molar-refractivity contribution in [3.8, 4) is 5.75 Å². The molecule has 0 saturated carbocycles. The van der Waals surface area contributed by atoms with E-state index < -0.39 is 4.92 Å². The number of thiol groups is 1. The first-order valence-electron chi connectivity index (χ1n) is 5.77. The molecule has 0 unspecified atom stereocenters. The normalized spacial score (nSPS) is 10.3. The Kier molecular flexibility index (Phi) is 6.53. The summed E-state index contributed by atoms with van der Waals surface area (Å²) in [6, 6.07) is 5.01. The van der Waals surface area contributed by atoms with E-state index in [-0.39, 0.29) is 11.4 Å². The summed E-state index contributed by atoms with van der Waals surface area (Å²) < 4.78 is 10.5. The quantitative estimate of drug-likeness (QED) is 0.341. The van der Waals surface area contributed by atoms with Crippen molar-refractivity contribution in [1.82, 2.24) is 0 Å². The highest BCUT2D eigenvalue weighted by Gasteiger charge is 2.15. The zero-order valence-electron chi connectivity index (χ0n) is 10.3. The topological polar surface area (TPSA) is 61.6 Å². The number of rotatable bonds is 8. The van der Waals surface area contributed by atoms with Gasteiger partial charge in [0.2, 0.25) is 0 Å². The summed E-state index contributed by atoms with van der Waals surface area (Å²) >= 11 is 4.00. The average Bonchev–Trinajstić information content (AvgIpc) is 2.38. The van der Waals surface area contributed by atoms with Crippen LogP contribution in [0.2, 0.25) is 0 Å². The third-order valence-corrected chi connectivity index (χ3v) is 2.53. The van der Waals surface area contributed by atoms with Crippen LogP contribution in [0.1, 0.15) is 12.5 Å². The molecule has 1 aromatic carbocycles. The van der Waals surface area contributed by atoms with E-state index in [1.54, 1.807) is 12.1 Å². The molecule has 0 radical (unpaired) electrons. The minimum atomic E-state index is -0.428. The number of benzene rings is 1. The van der Waals surface area contributed by atoms with Gasteiger partial charge in [0, 0.05) is 11.8 Å². The van der Waals surface area contributed by atoms with E-state index in [9.17, 15) is 10.1 Å². The van der Waals surface area contributed by atoms with Crippen LogP contribution in [-0.2, 0) is 11.2 Å². The summed E-state index contributed by atoms with van der Waals surface area (Å²) in [6.07, 6.45) is 0.756. The second-order valence-corrected chi connectivity index (χ2v) is 4.04. The van der Waals surface area contributed by atoms with Gasteiger partial charge in [-0.15, -0.1) is 0 Å². The molecule has 0 saturated heterocycles. The van der Waals surface area contributed by atoms with E-state index in [1.165, 1.54) is 0 Å². The van der Waals surface area contributed by atoms with Crippen LogP contribution < -0.4 is 4.74 Å². The van der Waals surface area contributed by atoms with Gasteiger partial charge >= 0.3 is 5.69 Å².